The normalized spacial score (nSPS) is 15.9. The average molecular weight is 441 g/mol. The van der Waals surface area contributed by atoms with Crippen molar-refractivity contribution in [3.8, 4) is 0 Å². The molecule has 1 fully saturated rings. The van der Waals surface area contributed by atoms with Crippen LogP contribution in [-0.2, 0) is 9.53 Å². The number of nitrogens with zero attached hydrogens (tertiary/aromatic N) is 2. The maximum absolute atomic E-state index is 13.2. The highest BCUT2D eigenvalue weighted by Crippen LogP contribution is 2.35. The Kier molecular flexibility index (Phi) is 6.39. The summed E-state index contributed by atoms with van der Waals surface area (Å²) in [6, 6.07) is 15.7. The van der Waals surface area contributed by atoms with Crippen LogP contribution in [0.5, 0.6) is 0 Å². The number of fused-ring (bicyclic) bond motifs is 1. The van der Waals surface area contributed by atoms with Gasteiger partial charge in [-0.1, -0.05) is 24.3 Å². The summed E-state index contributed by atoms with van der Waals surface area (Å²) in [5.41, 5.74) is 1.71. The number of piperidine rings is 1. The Balaban J connectivity index is 1.44. The third kappa shape index (κ3) is 4.37. The number of thioether (sulfide) groups is 1. The quantitative estimate of drug-likeness (QED) is 0.414. The number of likely N-dealkylation sites (tertiary alicyclic amines) is 1. The van der Waals surface area contributed by atoms with Crippen molar-refractivity contribution in [2.24, 2.45) is 0 Å². The van der Waals surface area contributed by atoms with Crippen molar-refractivity contribution >= 4 is 45.2 Å². The SMILES string of the molecule is COC(=O)C(C)Sc1ccccc1C(=O)N1CCC(c2nc3ccccc3s2)CC1. The lowest BCUT2D eigenvalue weighted by molar-refractivity contribution is -0.139. The first kappa shape index (κ1) is 20.9. The fourth-order valence-electron chi connectivity index (χ4n) is 3.72. The van der Waals surface area contributed by atoms with Gasteiger partial charge in [-0.15, -0.1) is 23.1 Å². The molecular formula is C23H24N2O3S2. The number of thiazole rings is 1. The van der Waals surface area contributed by atoms with E-state index in [1.54, 1.807) is 18.3 Å². The van der Waals surface area contributed by atoms with Crippen LogP contribution < -0.4 is 0 Å². The first-order valence-corrected chi connectivity index (χ1v) is 11.7. The van der Waals surface area contributed by atoms with Crippen molar-refractivity contribution in [2.75, 3.05) is 20.2 Å². The zero-order chi connectivity index (χ0) is 21.1. The van der Waals surface area contributed by atoms with Crippen LogP contribution in [0.2, 0.25) is 0 Å². The molecule has 1 aromatic heterocycles. The lowest BCUT2D eigenvalue weighted by atomic mass is 9.97. The van der Waals surface area contributed by atoms with Gasteiger partial charge in [0.2, 0.25) is 0 Å². The van der Waals surface area contributed by atoms with Gasteiger partial charge in [0.25, 0.3) is 5.91 Å². The Morgan fingerprint density at radius 2 is 1.83 bits per heavy atom. The molecule has 1 saturated heterocycles. The second-order valence-electron chi connectivity index (χ2n) is 7.37. The van der Waals surface area contributed by atoms with Gasteiger partial charge in [-0.2, -0.15) is 0 Å². The summed E-state index contributed by atoms with van der Waals surface area (Å²) in [5.74, 6) is 0.132. The van der Waals surface area contributed by atoms with Crippen LogP contribution in [0.15, 0.2) is 53.4 Å². The molecule has 1 unspecified atom stereocenters. The first-order chi connectivity index (χ1) is 14.6. The van der Waals surface area contributed by atoms with Gasteiger partial charge < -0.3 is 9.64 Å². The summed E-state index contributed by atoms with van der Waals surface area (Å²) < 4.78 is 6.04. The minimum Gasteiger partial charge on any atom is -0.468 e. The van der Waals surface area contributed by atoms with Gasteiger partial charge in [0, 0.05) is 23.9 Å². The van der Waals surface area contributed by atoms with Crippen LogP contribution in [-0.4, -0.2) is 47.2 Å². The van der Waals surface area contributed by atoms with Crippen molar-refractivity contribution in [1.29, 1.82) is 0 Å². The standard InChI is InChI=1S/C23H24N2O3S2/c1-15(23(27)28-2)29-19-9-5-3-7-17(19)22(26)25-13-11-16(12-14-25)21-24-18-8-4-6-10-20(18)30-21/h3-10,15-16H,11-14H2,1-2H3. The summed E-state index contributed by atoms with van der Waals surface area (Å²) in [4.78, 5) is 32.5. The molecule has 0 bridgehead atoms. The Hall–Kier alpha value is -2.38. The van der Waals surface area contributed by atoms with E-state index >= 15 is 0 Å². The molecule has 0 N–H and O–H groups in total. The summed E-state index contributed by atoms with van der Waals surface area (Å²) in [5, 5.41) is 0.805. The Morgan fingerprint density at radius 1 is 1.13 bits per heavy atom. The number of para-hydroxylation sites is 1. The van der Waals surface area contributed by atoms with Gasteiger partial charge in [-0.3, -0.25) is 9.59 Å². The molecule has 1 amide bonds. The fourth-order valence-corrected chi connectivity index (χ4v) is 5.86. The van der Waals surface area contributed by atoms with Gasteiger partial charge in [0.15, 0.2) is 0 Å². The predicted octanol–water partition coefficient (Wildman–Crippen LogP) is 4.97. The molecule has 30 heavy (non-hydrogen) atoms. The van der Waals surface area contributed by atoms with E-state index in [1.165, 1.54) is 28.6 Å². The number of esters is 1. The third-order valence-electron chi connectivity index (χ3n) is 5.40. The monoisotopic (exact) mass is 440 g/mol. The minimum atomic E-state index is -0.367. The largest absolute Gasteiger partial charge is 0.468 e. The maximum Gasteiger partial charge on any atom is 0.318 e. The number of benzene rings is 2. The van der Waals surface area contributed by atoms with E-state index in [1.807, 2.05) is 41.3 Å². The highest BCUT2D eigenvalue weighted by molar-refractivity contribution is 8.00. The molecule has 5 nitrogen and oxygen atoms in total. The van der Waals surface area contributed by atoms with E-state index in [-0.39, 0.29) is 17.1 Å². The van der Waals surface area contributed by atoms with Crippen molar-refractivity contribution < 1.29 is 14.3 Å². The molecule has 1 aliphatic heterocycles. The molecule has 4 rings (SSSR count). The molecule has 1 atom stereocenters. The molecule has 2 aromatic carbocycles. The van der Waals surface area contributed by atoms with Crippen LogP contribution in [0.25, 0.3) is 10.2 Å². The summed E-state index contributed by atoms with van der Waals surface area (Å²) in [7, 11) is 1.38. The highest BCUT2D eigenvalue weighted by Gasteiger charge is 2.28. The molecule has 7 heteroatoms. The van der Waals surface area contributed by atoms with Crippen molar-refractivity contribution in [2.45, 2.75) is 35.8 Å². The van der Waals surface area contributed by atoms with Gasteiger partial charge in [0.1, 0.15) is 5.25 Å². The Labute approximate surface area is 184 Å². The minimum absolute atomic E-state index is 0.0258. The molecule has 0 radical (unpaired) electrons. The number of ether oxygens (including phenoxy) is 1. The third-order valence-corrected chi connectivity index (χ3v) is 7.75. The lowest BCUT2D eigenvalue weighted by Gasteiger charge is -2.31. The van der Waals surface area contributed by atoms with Crippen LogP contribution in [0.1, 0.15) is 41.0 Å². The van der Waals surface area contributed by atoms with E-state index in [0.29, 0.717) is 24.6 Å². The van der Waals surface area contributed by atoms with Crippen LogP contribution >= 0.6 is 23.1 Å². The number of aromatic nitrogens is 1. The van der Waals surface area contributed by atoms with Crippen LogP contribution in [0.3, 0.4) is 0 Å². The Morgan fingerprint density at radius 3 is 2.57 bits per heavy atom. The van der Waals surface area contributed by atoms with Crippen LogP contribution in [0.4, 0.5) is 0 Å². The molecule has 2 heterocycles. The summed E-state index contributed by atoms with van der Waals surface area (Å²) >= 11 is 3.13. The number of methoxy groups -OCH3 is 1. The van der Waals surface area contributed by atoms with Crippen molar-refractivity contribution in [1.82, 2.24) is 9.88 Å². The summed E-state index contributed by atoms with van der Waals surface area (Å²) in [6.45, 7) is 3.22. The molecule has 0 spiro atoms. The van der Waals surface area contributed by atoms with E-state index in [2.05, 4.69) is 12.1 Å². The number of hydrogen-bond acceptors (Lipinski definition) is 6. The van der Waals surface area contributed by atoms with E-state index in [0.717, 1.165) is 23.3 Å². The lowest BCUT2D eigenvalue weighted by Crippen LogP contribution is -2.38. The molecule has 0 aliphatic carbocycles. The number of rotatable bonds is 5. The van der Waals surface area contributed by atoms with E-state index in [9.17, 15) is 9.59 Å². The van der Waals surface area contributed by atoms with Gasteiger partial charge in [-0.05, 0) is 44.0 Å². The molecule has 3 aromatic rings. The highest BCUT2D eigenvalue weighted by atomic mass is 32.2. The summed E-state index contributed by atoms with van der Waals surface area (Å²) in [6.07, 6.45) is 1.83. The number of amides is 1. The topological polar surface area (TPSA) is 59.5 Å². The number of carbonyl (C=O) groups is 2. The molecular weight excluding hydrogens is 416 g/mol. The van der Waals surface area contributed by atoms with Crippen molar-refractivity contribution in [3.63, 3.8) is 0 Å². The van der Waals surface area contributed by atoms with Gasteiger partial charge >= 0.3 is 5.97 Å². The van der Waals surface area contributed by atoms with Crippen LogP contribution in [0, 0.1) is 0 Å². The molecule has 0 saturated carbocycles. The second-order valence-corrected chi connectivity index (χ2v) is 9.81. The predicted molar refractivity (Wildman–Crippen MR) is 121 cm³/mol. The van der Waals surface area contributed by atoms with Gasteiger partial charge in [-0.25, -0.2) is 4.98 Å². The van der Waals surface area contributed by atoms with Crippen molar-refractivity contribution in [3.05, 3.63) is 59.1 Å². The first-order valence-electron chi connectivity index (χ1n) is 10.0. The maximum atomic E-state index is 13.2. The smallest absolute Gasteiger partial charge is 0.318 e. The zero-order valence-corrected chi connectivity index (χ0v) is 18.7. The van der Waals surface area contributed by atoms with E-state index < -0.39 is 0 Å². The Bertz CT molecular complexity index is 1020. The second kappa shape index (κ2) is 9.18. The number of carbonyl (C=O) groups excluding carboxylic acids is 2. The van der Waals surface area contributed by atoms with Gasteiger partial charge in [0.05, 0.1) is 27.9 Å². The fraction of sp³-hybridized carbons (Fsp3) is 0.348. The molecule has 156 valence electrons. The molecule has 1 aliphatic rings. The average Bonchev–Trinajstić information content (AvgIpc) is 3.23. The number of hydrogen-bond donors (Lipinski definition) is 0. The van der Waals surface area contributed by atoms with E-state index in [4.69, 9.17) is 9.72 Å². The zero-order valence-electron chi connectivity index (χ0n) is 17.0.